The summed E-state index contributed by atoms with van der Waals surface area (Å²) in [6.07, 6.45) is 0. The third kappa shape index (κ3) is 1.02. The average Bonchev–Trinajstić information content (AvgIpc) is 2.25. The quantitative estimate of drug-likeness (QED) is 0.634. The van der Waals surface area contributed by atoms with Crippen molar-refractivity contribution in [3.05, 3.63) is 48.0 Å². The SMILES string of the molecule is NC(=O)c1[c]c2c(cc1)-c1ccccc1-2. The predicted octanol–water partition coefficient (Wildman–Crippen LogP) is 2.23. The Morgan fingerprint density at radius 3 is 2.47 bits per heavy atom. The molecule has 0 heterocycles. The summed E-state index contributed by atoms with van der Waals surface area (Å²) in [5.74, 6) is -0.429. The van der Waals surface area contributed by atoms with E-state index >= 15 is 0 Å². The number of fused-ring (bicyclic) bond motifs is 4. The molecule has 1 amide bonds. The minimum Gasteiger partial charge on any atom is -0.366 e. The third-order valence-electron chi connectivity index (χ3n) is 2.70. The number of amides is 1. The maximum Gasteiger partial charge on any atom is 0.249 e. The molecule has 0 fully saturated rings. The van der Waals surface area contributed by atoms with E-state index in [2.05, 4.69) is 12.1 Å². The van der Waals surface area contributed by atoms with Gasteiger partial charge in [-0.2, -0.15) is 0 Å². The van der Waals surface area contributed by atoms with Gasteiger partial charge in [0.2, 0.25) is 5.91 Å². The molecule has 2 aromatic rings. The molecule has 0 aromatic heterocycles. The Kier molecular flexibility index (Phi) is 1.48. The molecule has 2 nitrogen and oxygen atoms in total. The first kappa shape index (κ1) is 8.24. The molecular formula is C13H8NO. The van der Waals surface area contributed by atoms with Crippen LogP contribution in [0.5, 0.6) is 0 Å². The number of nitrogens with two attached hydrogens (primary N) is 1. The smallest absolute Gasteiger partial charge is 0.249 e. The van der Waals surface area contributed by atoms with Crippen LogP contribution in [0.4, 0.5) is 0 Å². The minimum atomic E-state index is -0.429. The van der Waals surface area contributed by atoms with Crippen molar-refractivity contribution in [2.24, 2.45) is 5.73 Å². The Morgan fingerprint density at radius 2 is 1.73 bits per heavy atom. The van der Waals surface area contributed by atoms with E-state index in [1.165, 1.54) is 5.56 Å². The molecule has 15 heavy (non-hydrogen) atoms. The summed E-state index contributed by atoms with van der Waals surface area (Å²) >= 11 is 0. The van der Waals surface area contributed by atoms with Gasteiger partial charge in [0.1, 0.15) is 0 Å². The van der Waals surface area contributed by atoms with Gasteiger partial charge in [-0.25, -0.2) is 0 Å². The van der Waals surface area contributed by atoms with E-state index in [0.29, 0.717) is 5.56 Å². The highest BCUT2D eigenvalue weighted by atomic mass is 16.1. The lowest BCUT2D eigenvalue weighted by Crippen LogP contribution is -2.12. The second kappa shape index (κ2) is 2.70. The summed E-state index contributed by atoms with van der Waals surface area (Å²) < 4.78 is 0. The highest BCUT2D eigenvalue weighted by molar-refractivity contribution is 6.05. The number of hydrogen-bond donors (Lipinski definition) is 1. The molecule has 2 N–H and O–H groups in total. The molecule has 0 aliphatic heterocycles. The maximum absolute atomic E-state index is 11.0. The van der Waals surface area contributed by atoms with Crippen molar-refractivity contribution in [2.75, 3.05) is 0 Å². The van der Waals surface area contributed by atoms with Crippen LogP contribution in [0.1, 0.15) is 10.4 Å². The highest BCUT2D eigenvalue weighted by Crippen LogP contribution is 2.46. The number of primary amides is 1. The largest absolute Gasteiger partial charge is 0.366 e. The van der Waals surface area contributed by atoms with Gasteiger partial charge in [-0.3, -0.25) is 4.79 Å². The van der Waals surface area contributed by atoms with E-state index in [-0.39, 0.29) is 0 Å². The zero-order chi connectivity index (χ0) is 10.4. The predicted molar refractivity (Wildman–Crippen MR) is 58.2 cm³/mol. The highest BCUT2D eigenvalue weighted by Gasteiger charge is 2.22. The first-order chi connectivity index (χ1) is 7.27. The Labute approximate surface area is 87.3 Å². The van der Waals surface area contributed by atoms with E-state index in [4.69, 9.17) is 5.73 Å². The lowest BCUT2D eigenvalue weighted by Gasteiger charge is -2.23. The van der Waals surface area contributed by atoms with Crippen molar-refractivity contribution in [3.63, 3.8) is 0 Å². The van der Waals surface area contributed by atoms with Gasteiger partial charge in [0.05, 0.1) is 0 Å². The van der Waals surface area contributed by atoms with Crippen LogP contribution in [0, 0.1) is 6.07 Å². The Morgan fingerprint density at radius 1 is 1.00 bits per heavy atom. The lowest BCUT2D eigenvalue weighted by atomic mass is 9.80. The molecule has 0 unspecified atom stereocenters. The van der Waals surface area contributed by atoms with Gasteiger partial charge in [-0.15, -0.1) is 0 Å². The first-order valence-corrected chi connectivity index (χ1v) is 4.73. The fraction of sp³-hybridized carbons (Fsp3) is 0. The maximum atomic E-state index is 11.0. The Balaban J connectivity index is 2.19. The van der Waals surface area contributed by atoms with Crippen LogP contribution in [0.25, 0.3) is 22.3 Å². The van der Waals surface area contributed by atoms with Crippen LogP contribution in [-0.4, -0.2) is 5.91 Å². The van der Waals surface area contributed by atoms with Gasteiger partial charge in [0, 0.05) is 11.6 Å². The second-order valence-electron chi connectivity index (χ2n) is 3.57. The third-order valence-corrected chi connectivity index (χ3v) is 2.70. The average molecular weight is 194 g/mol. The van der Waals surface area contributed by atoms with Gasteiger partial charge in [0.25, 0.3) is 0 Å². The zero-order valence-corrected chi connectivity index (χ0v) is 7.95. The topological polar surface area (TPSA) is 43.1 Å². The molecule has 1 radical (unpaired) electrons. The molecule has 1 aliphatic carbocycles. The van der Waals surface area contributed by atoms with Crippen LogP contribution in [0.15, 0.2) is 36.4 Å². The summed E-state index contributed by atoms with van der Waals surface area (Å²) in [6, 6.07) is 14.8. The van der Waals surface area contributed by atoms with Crippen molar-refractivity contribution < 1.29 is 4.79 Å². The molecule has 0 saturated heterocycles. The van der Waals surface area contributed by atoms with Crippen LogP contribution >= 0.6 is 0 Å². The summed E-state index contributed by atoms with van der Waals surface area (Å²) in [5.41, 5.74) is 10.2. The van der Waals surface area contributed by atoms with Crippen molar-refractivity contribution in [1.82, 2.24) is 0 Å². The second-order valence-corrected chi connectivity index (χ2v) is 3.57. The van der Waals surface area contributed by atoms with E-state index in [1.807, 2.05) is 24.3 Å². The fourth-order valence-electron chi connectivity index (χ4n) is 1.95. The Bertz CT molecular complexity index is 572. The monoisotopic (exact) mass is 194 g/mol. The van der Waals surface area contributed by atoms with Crippen LogP contribution in [0.2, 0.25) is 0 Å². The molecule has 0 bridgehead atoms. The number of carbonyl (C=O) groups excluding carboxylic acids is 1. The fourth-order valence-corrected chi connectivity index (χ4v) is 1.95. The summed E-state index contributed by atoms with van der Waals surface area (Å²) in [7, 11) is 0. The van der Waals surface area contributed by atoms with Crippen LogP contribution in [0.3, 0.4) is 0 Å². The van der Waals surface area contributed by atoms with Crippen molar-refractivity contribution >= 4 is 5.91 Å². The summed E-state index contributed by atoms with van der Waals surface area (Å²) in [6.45, 7) is 0. The van der Waals surface area contributed by atoms with Gasteiger partial charge >= 0.3 is 0 Å². The standard InChI is InChI=1S/C13H8NO/c14-13(15)8-5-6-11-9-3-1-2-4-10(9)12(11)7-8/h1-6H,(H2,14,15). The number of hydrogen-bond acceptors (Lipinski definition) is 1. The number of rotatable bonds is 1. The van der Waals surface area contributed by atoms with Crippen LogP contribution < -0.4 is 5.73 Å². The zero-order valence-electron chi connectivity index (χ0n) is 7.95. The molecule has 1 aliphatic rings. The first-order valence-electron chi connectivity index (χ1n) is 4.73. The molecule has 71 valence electrons. The van der Waals surface area contributed by atoms with E-state index in [0.717, 1.165) is 16.7 Å². The summed E-state index contributed by atoms with van der Waals surface area (Å²) in [4.78, 5) is 11.0. The normalized spacial score (nSPS) is 11.2. The van der Waals surface area contributed by atoms with Crippen molar-refractivity contribution in [3.8, 4) is 22.3 Å². The molecule has 0 saturated carbocycles. The lowest BCUT2D eigenvalue weighted by molar-refractivity contribution is 0.1000. The van der Waals surface area contributed by atoms with E-state index in [9.17, 15) is 4.79 Å². The van der Waals surface area contributed by atoms with Crippen LogP contribution in [-0.2, 0) is 0 Å². The summed E-state index contributed by atoms with van der Waals surface area (Å²) in [5, 5.41) is 0. The number of benzene rings is 2. The van der Waals surface area contributed by atoms with Gasteiger partial charge in [-0.1, -0.05) is 30.3 Å². The van der Waals surface area contributed by atoms with Crippen molar-refractivity contribution in [2.45, 2.75) is 0 Å². The molecule has 0 atom stereocenters. The molecule has 0 spiro atoms. The minimum absolute atomic E-state index is 0.429. The molecule has 2 heteroatoms. The number of carbonyl (C=O) groups is 1. The van der Waals surface area contributed by atoms with Crippen molar-refractivity contribution in [1.29, 1.82) is 0 Å². The molecular weight excluding hydrogens is 186 g/mol. The molecule has 3 rings (SSSR count). The van der Waals surface area contributed by atoms with Gasteiger partial charge in [-0.05, 0) is 28.3 Å². The van der Waals surface area contributed by atoms with E-state index < -0.39 is 5.91 Å². The van der Waals surface area contributed by atoms with E-state index in [1.54, 1.807) is 6.07 Å². The van der Waals surface area contributed by atoms with Gasteiger partial charge < -0.3 is 5.73 Å². The Hall–Kier alpha value is -2.09. The molecule has 2 aromatic carbocycles. The van der Waals surface area contributed by atoms with Gasteiger partial charge in [0.15, 0.2) is 0 Å².